The number of aromatic amines is 1. The van der Waals surface area contributed by atoms with Crippen LogP contribution in [0.4, 0.5) is 0 Å². The van der Waals surface area contributed by atoms with Crippen LogP contribution < -0.4 is 10.3 Å². The standard InChI is InChI=1S/C20H26N2O2/c1-2-15-12-21-20(23)18-6-5-17(11-19(15)18)24-16-7-9-22(10-8-16)13-14-3-4-14/h5-6,11-12,14,16H,2-4,7-10,13H2,1H3,(H,21,23). The summed E-state index contributed by atoms with van der Waals surface area (Å²) in [7, 11) is 0. The van der Waals surface area contributed by atoms with E-state index in [1.54, 1.807) is 0 Å². The molecule has 0 unspecified atom stereocenters. The summed E-state index contributed by atoms with van der Waals surface area (Å²) in [5.74, 6) is 1.86. The predicted molar refractivity (Wildman–Crippen MR) is 96.8 cm³/mol. The topological polar surface area (TPSA) is 45.3 Å². The van der Waals surface area contributed by atoms with Gasteiger partial charge in [-0.1, -0.05) is 6.92 Å². The lowest BCUT2D eigenvalue weighted by molar-refractivity contribution is 0.0981. The summed E-state index contributed by atoms with van der Waals surface area (Å²) >= 11 is 0. The fraction of sp³-hybridized carbons (Fsp3) is 0.550. The third-order valence-corrected chi connectivity index (χ3v) is 5.39. The maximum absolute atomic E-state index is 12.0. The maximum atomic E-state index is 12.0. The van der Waals surface area contributed by atoms with Gasteiger partial charge in [0, 0.05) is 31.2 Å². The van der Waals surface area contributed by atoms with Gasteiger partial charge >= 0.3 is 0 Å². The number of nitrogens with one attached hydrogen (secondary N) is 1. The average molecular weight is 326 g/mol. The number of nitrogens with zero attached hydrogens (tertiary/aromatic N) is 1. The average Bonchev–Trinajstić information content (AvgIpc) is 3.41. The Morgan fingerprint density at radius 2 is 1.96 bits per heavy atom. The molecule has 24 heavy (non-hydrogen) atoms. The third kappa shape index (κ3) is 3.34. The van der Waals surface area contributed by atoms with Gasteiger partial charge in [0.1, 0.15) is 11.9 Å². The normalized spacial score (nSPS) is 19.7. The first-order valence-electron chi connectivity index (χ1n) is 9.26. The Balaban J connectivity index is 1.45. The molecule has 2 aromatic rings. The number of aryl methyl sites for hydroxylation is 1. The molecule has 0 spiro atoms. The molecule has 2 aliphatic rings. The molecule has 1 aliphatic heterocycles. The molecule has 1 aliphatic carbocycles. The maximum Gasteiger partial charge on any atom is 0.255 e. The Kier molecular flexibility index (Phi) is 4.31. The second-order valence-electron chi connectivity index (χ2n) is 7.27. The summed E-state index contributed by atoms with van der Waals surface area (Å²) in [6, 6.07) is 5.87. The minimum Gasteiger partial charge on any atom is -0.490 e. The second-order valence-corrected chi connectivity index (χ2v) is 7.27. The molecular weight excluding hydrogens is 300 g/mol. The van der Waals surface area contributed by atoms with E-state index in [2.05, 4.69) is 16.8 Å². The van der Waals surface area contributed by atoms with Crippen LogP contribution in [0.3, 0.4) is 0 Å². The van der Waals surface area contributed by atoms with Crippen LogP contribution in [0.5, 0.6) is 5.75 Å². The molecule has 4 nitrogen and oxygen atoms in total. The van der Waals surface area contributed by atoms with Gasteiger partial charge in [-0.05, 0) is 67.2 Å². The van der Waals surface area contributed by atoms with Gasteiger partial charge in [0.2, 0.25) is 0 Å². The molecule has 0 atom stereocenters. The molecule has 1 aromatic heterocycles. The van der Waals surface area contributed by atoms with Crippen LogP contribution >= 0.6 is 0 Å². The number of hydrogen-bond donors (Lipinski definition) is 1. The van der Waals surface area contributed by atoms with E-state index in [9.17, 15) is 4.79 Å². The molecule has 1 saturated carbocycles. The van der Waals surface area contributed by atoms with Gasteiger partial charge in [0.15, 0.2) is 0 Å². The van der Waals surface area contributed by atoms with E-state index >= 15 is 0 Å². The van der Waals surface area contributed by atoms with Crippen molar-refractivity contribution in [1.29, 1.82) is 0 Å². The van der Waals surface area contributed by atoms with E-state index in [0.717, 1.165) is 60.4 Å². The number of rotatable bonds is 5. The number of aromatic nitrogens is 1. The van der Waals surface area contributed by atoms with Crippen molar-refractivity contribution in [2.45, 2.75) is 45.1 Å². The van der Waals surface area contributed by atoms with Gasteiger partial charge in [0.05, 0.1) is 0 Å². The number of fused-ring (bicyclic) bond motifs is 1. The molecule has 1 aromatic carbocycles. The Labute approximate surface area is 142 Å². The van der Waals surface area contributed by atoms with Crippen LogP contribution in [0.2, 0.25) is 0 Å². The first kappa shape index (κ1) is 15.7. The van der Waals surface area contributed by atoms with Crippen LogP contribution in [0.25, 0.3) is 10.8 Å². The molecule has 4 heteroatoms. The molecule has 0 radical (unpaired) electrons. The zero-order valence-electron chi connectivity index (χ0n) is 14.4. The lowest BCUT2D eigenvalue weighted by Crippen LogP contribution is -2.39. The molecule has 0 bridgehead atoms. The van der Waals surface area contributed by atoms with Crippen molar-refractivity contribution < 1.29 is 4.74 Å². The van der Waals surface area contributed by atoms with Gasteiger partial charge in [0.25, 0.3) is 5.56 Å². The van der Waals surface area contributed by atoms with E-state index in [0.29, 0.717) is 6.10 Å². The molecule has 2 heterocycles. The predicted octanol–water partition coefficient (Wildman–Crippen LogP) is 3.34. The Morgan fingerprint density at radius 3 is 2.67 bits per heavy atom. The summed E-state index contributed by atoms with van der Waals surface area (Å²) in [6.45, 7) is 5.69. The van der Waals surface area contributed by atoms with Crippen molar-refractivity contribution in [2.24, 2.45) is 5.92 Å². The second kappa shape index (κ2) is 6.60. The van der Waals surface area contributed by atoms with E-state index < -0.39 is 0 Å². The number of piperidine rings is 1. The largest absolute Gasteiger partial charge is 0.490 e. The van der Waals surface area contributed by atoms with Gasteiger partial charge in [-0.2, -0.15) is 0 Å². The third-order valence-electron chi connectivity index (χ3n) is 5.39. The van der Waals surface area contributed by atoms with Crippen LogP contribution in [0.1, 0.15) is 38.2 Å². The Hall–Kier alpha value is -1.81. The van der Waals surface area contributed by atoms with Gasteiger partial charge in [-0.3, -0.25) is 4.79 Å². The summed E-state index contributed by atoms with van der Waals surface area (Å²) in [6.07, 6.45) is 8.06. The van der Waals surface area contributed by atoms with Crippen LogP contribution in [0, 0.1) is 5.92 Å². The van der Waals surface area contributed by atoms with Crippen molar-refractivity contribution in [3.05, 3.63) is 40.3 Å². The number of hydrogen-bond acceptors (Lipinski definition) is 3. The monoisotopic (exact) mass is 326 g/mol. The molecule has 0 amide bonds. The van der Waals surface area contributed by atoms with Crippen LogP contribution in [0.15, 0.2) is 29.2 Å². The van der Waals surface area contributed by atoms with Gasteiger partial charge in [-0.15, -0.1) is 0 Å². The lowest BCUT2D eigenvalue weighted by atomic mass is 10.0. The van der Waals surface area contributed by atoms with Crippen molar-refractivity contribution >= 4 is 10.8 Å². The first-order chi connectivity index (χ1) is 11.7. The first-order valence-corrected chi connectivity index (χ1v) is 9.26. The number of H-pyrrole nitrogens is 1. The number of pyridine rings is 1. The van der Waals surface area contributed by atoms with Crippen LogP contribution in [-0.2, 0) is 6.42 Å². The molecule has 128 valence electrons. The minimum atomic E-state index is -0.0258. The van der Waals surface area contributed by atoms with Gasteiger partial charge < -0.3 is 14.6 Å². The molecule has 1 saturated heterocycles. The zero-order valence-corrected chi connectivity index (χ0v) is 14.4. The number of ether oxygens (including phenoxy) is 1. The van der Waals surface area contributed by atoms with E-state index in [1.807, 2.05) is 24.4 Å². The van der Waals surface area contributed by atoms with Crippen molar-refractivity contribution in [2.75, 3.05) is 19.6 Å². The minimum absolute atomic E-state index is 0.0258. The van der Waals surface area contributed by atoms with Crippen molar-refractivity contribution in [3.63, 3.8) is 0 Å². The Morgan fingerprint density at radius 1 is 1.17 bits per heavy atom. The molecule has 1 N–H and O–H groups in total. The van der Waals surface area contributed by atoms with Crippen molar-refractivity contribution in [3.8, 4) is 5.75 Å². The fourth-order valence-corrected chi connectivity index (χ4v) is 3.73. The van der Waals surface area contributed by atoms with Gasteiger partial charge in [-0.25, -0.2) is 0 Å². The number of likely N-dealkylation sites (tertiary alicyclic amines) is 1. The Bertz CT molecular complexity index is 771. The summed E-state index contributed by atoms with van der Waals surface area (Å²) < 4.78 is 6.23. The zero-order chi connectivity index (χ0) is 16.5. The van der Waals surface area contributed by atoms with E-state index in [1.165, 1.54) is 19.4 Å². The lowest BCUT2D eigenvalue weighted by Gasteiger charge is -2.32. The highest BCUT2D eigenvalue weighted by Gasteiger charge is 2.27. The smallest absolute Gasteiger partial charge is 0.255 e. The quantitative estimate of drug-likeness (QED) is 0.916. The van der Waals surface area contributed by atoms with Crippen molar-refractivity contribution in [1.82, 2.24) is 9.88 Å². The van der Waals surface area contributed by atoms with E-state index in [-0.39, 0.29) is 5.56 Å². The SMILES string of the molecule is CCc1c[nH]c(=O)c2ccc(OC3CCN(CC4CC4)CC3)cc12. The molecule has 2 fully saturated rings. The van der Waals surface area contributed by atoms with Crippen LogP contribution in [-0.4, -0.2) is 35.6 Å². The summed E-state index contributed by atoms with van der Waals surface area (Å²) in [5.41, 5.74) is 1.14. The molecular formula is C20H26N2O2. The fourth-order valence-electron chi connectivity index (χ4n) is 3.73. The summed E-state index contributed by atoms with van der Waals surface area (Å²) in [5, 5.41) is 1.77. The summed E-state index contributed by atoms with van der Waals surface area (Å²) in [4.78, 5) is 17.4. The highest BCUT2D eigenvalue weighted by Crippen LogP contribution is 2.31. The highest BCUT2D eigenvalue weighted by molar-refractivity contribution is 5.85. The molecule has 4 rings (SSSR count). The van der Waals surface area contributed by atoms with E-state index in [4.69, 9.17) is 4.74 Å². The highest BCUT2D eigenvalue weighted by atomic mass is 16.5. The number of benzene rings is 1.